The summed E-state index contributed by atoms with van der Waals surface area (Å²) in [5, 5.41) is 42.9. The van der Waals surface area contributed by atoms with E-state index in [1.54, 1.807) is 19.1 Å². The van der Waals surface area contributed by atoms with Gasteiger partial charge in [-0.1, -0.05) is 26.0 Å². The van der Waals surface area contributed by atoms with Crippen LogP contribution in [0.4, 0.5) is 0 Å². The molecule has 0 radical (unpaired) electrons. The van der Waals surface area contributed by atoms with Gasteiger partial charge in [-0.3, -0.25) is 33.7 Å². The molecular weight excluding hydrogens is 612 g/mol. The summed E-state index contributed by atoms with van der Waals surface area (Å²) in [4.78, 5) is 80.8. The third-order valence-electron chi connectivity index (χ3n) is 8.26. The smallest absolute Gasteiger partial charge is 0.305 e. The van der Waals surface area contributed by atoms with Crippen LogP contribution in [-0.2, 0) is 35.2 Å². The van der Waals surface area contributed by atoms with Crippen molar-refractivity contribution >= 4 is 35.5 Å². The Balaban J connectivity index is 2.00. The molecule has 1 aromatic carbocycles. The highest BCUT2D eigenvalue weighted by atomic mass is 16.4. The van der Waals surface area contributed by atoms with Gasteiger partial charge in [-0.2, -0.15) is 0 Å². The molecule has 1 aromatic rings. The second kappa shape index (κ2) is 17.1. The lowest BCUT2D eigenvalue weighted by Crippen LogP contribution is -2.59. The summed E-state index contributed by atoms with van der Waals surface area (Å²) >= 11 is 0. The molecule has 2 aliphatic rings. The van der Waals surface area contributed by atoms with Gasteiger partial charge < -0.3 is 41.9 Å². The van der Waals surface area contributed by atoms with Crippen LogP contribution < -0.4 is 26.6 Å². The van der Waals surface area contributed by atoms with Crippen molar-refractivity contribution in [1.82, 2.24) is 31.5 Å². The minimum Gasteiger partial charge on any atom is -0.508 e. The molecular formula is C32H48N6O9. The molecule has 0 saturated carbocycles. The Bertz CT molecular complexity index is 1290. The Kier molecular flexibility index (Phi) is 13.5. The molecule has 0 aliphatic carbocycles. The van der Waals surface area contributed by atoms with Crippen LogP contribution >= 0.6 is 0 Å². The van der Waals surface area contributed by atoms with E-state index in [1.165, 1.54) is 19.1 Å². The van der Waals surface area contributed by atoms with Crippen LogP contribution in [0.15, 0.2) is 24.3 Å². The van der Waals surface area contributed by atoms with E-state index >= 15 is 0 Å². The van der Waals surface area contributed by atoms with Crippen LogP contribution in [0.25, 0.3) is 0 Å². The van der Waals surface area contributed by atoms with Crippen LogP contribution in [0, 0.1) is 5.92 Å². The number of phenols is 1. The van der Waals surface area contributed by atoms with Crippen LogP contribution in [0.1, 0.15) is 65.4 Å². The highest BCUT2D eigenvalue weighted by Crippen LogP contribution is 2.19. The summed E-state index contributed by atoms with van der Waals surface area (Å²) < 4.78 is 0. The Morgan fingerprint density at radius 3 is 2.09 bits per heavy atom. The molecule has 2 fully saturated rings. The first kappa shape index (κ1) is 37.2. The SMILES string of the molecule is CC(C)C[C@@H]1NC(=O)C(Cc2ccc(O)cc2)NC(=O)[C@@H]2CCCN2C[C@H](C)NC(=O)C[C@@H]([C@@H](C)O)NC(=O)[C@H](CC(=O)O)NC1=O. The number of rotatable bonds is 7. The summed E-state index contributed by atoms with van der Waals surface area (Å²) in [7, 11) is 0. The first-order valence-corrected chi connectivity index (χ1v) is 16.1. The van der Waals surface area contributed by atoms with Gasteiger partial charge in [0.1, 0.15) is 23.9 Å². The minimum absolute atomic E-state index is 0.0268. The molecule has 2 saturated heterocycles. The molecule has 3 rings (SSSR count). The number of hydrogen-bond donors (Lipinski definition) is 8. The first-order valence-electron chi connectivity index (χ1n) is 16.1. The van der Waals surface area contributed by atoms with Gasteiger partial charge in [-0.25, -0.2) is 0 Å². The molecule has 260 valence electrons. The monoisotopic (exact) mass is 660 g/mol. The number of carboxylic acids is 1. The molecule has 15 nitrogen and oxygen atoms in total. The van der Waals surface area contributed by atoms with Gasteiger partial charge in [0, 0.05) is 25.4 Å². The quantitative estimate of drug-likeness (QED) is 0.181. The number of nitrogens with zero attached hydrogens (tertiary/aromatic N) is 1. The van der Waals surface area contributed by atoms with Crippen molar-refractivity contribution in [2.45, 2.75) is 109 Å². The topological polar surface area (TPSA) is 226 Å². The van der Waals surface area contributed by atoms with Gasteiger partial charge in [0.05, 0.1) is 24.6 Å². The molecule has 7 atom stereocenters. The molecule has 1 unspecified atom stereocenters. The van der Waals surface area contributed by atoms with Gasteiger partial charge in [0.15, 0.2) is 0 Å². The number of phenolic OH excluding ortho intramolecular Hbond substituents is 1. The van der Waals surface area contributed by atoms with E-state index in [-0.39, 0.29) is 30.9 Å². The Morgan fingerprint density at radius 1 is 0.872 bits per heavy atom. The van der Waals surface area contributed by atoms with E-state index in [0.717, 1.165) is 6.42 Å². The van der Waals surface area contributed by atoms with Crippen molar-refractivity contribution in [2.24, 2.45) is 5.92 Å². The van der Waals surface area contributed by atoms with Gasteiger partial charge in [0.25, 0.3) is 0 Å². The van der Waals surface area contributed by atoms with Crippen molar-refractivity contribution in [3.63, 3.8) is 0 Å². The fraction of sp³-hybridized carbons (Fsp3) is 0.625. The van der Waals surface area contributed by atoms with Crippen molar-refractivity contribution in [2.75, 3.05) is 13.1 Å². The number of aromatic hydroxyl groups is 1. The number of benzene rings is 1. The lowest BCUT2D eigenvalue weighted by Gasteiger charge is -2.29. The molecule has 47 heavy (non-hydrogen) atoms. The first-order chi connectivity index (χ1) is 22.1. The van der Waals surface area contributed by atoms with Gasteiger partial charge in [-0.05, 0) is 63.3 Å². The largest absolute Gasteiger partial charge is 0.508 e. The van der Waals surface area contributed by atoms with E-state index in [9.17, 15) is 44.1 Å². The summed E-state index contributed by atoms with van der Waals surface area (Å²) in [6, 6.07) is 0.135. The number of aliphatic hydroxyl groups is 1. The standard InChI is InChI=1S/C32H48N6O9/c1-17(2)12-23-29(44)36-25(15-28(42)43)31(46)34-22(19(4)39)14-27(41)33-18(3)16-38-11-5-6-26(38)32(47)37-24(30(45)35-23)13-20-7-9-21(40)10-8-20/h7-10,17-19,22-26,39-40H,5-6,11-16H2,1-4H3,(H,33,41)(H,34,46)(H,35,45)(H,36,44)(H,37,47)(H,42,43)/t18-,19+,22-,23-,24?,25-,26-/m0/s1. The van der Waals surface area contributed by atoms with E-state index in [1.807, 2.05) is 18.7 Å². The average molecular weight is 661 g/mol. The zero-order valence-corrected chi connectivity index (χ0v) is 27.3. The summed E-state index contributed by atoms with van der Waals surface area (Å²) in [6.07, 6.45) is -0.901. The number of carbonyl (C=O) groups excluding carboxylic acids is 5. The number of hydrogen-bond acceptors (Lipinski definition) is 9. The minimum atomic E-state index is -1.59. The normalized spacial score (nSPS) is 28.0. The summed E-state index contributed by atoms with van der Waals surface area (Å²) in [5.41, 5.74) is 0.636. The number of carbonyl (C=O) groups is 6. The maximum atomic E-state index is 13.8. The van der Waals surface area contributed by atoms with Crippen molar-refractivity contribution in [3.05, 3.63) is 29.8 Å². The molecule has 8 N–H and O–H groups in total. The lowest BCUT2D eigenvalue weighted by molar-refractivity contribution is -0.141. The number of carboxylic acid groups (broad SMARTS) is 1. The molecule has 0 spiro atoms. The fourth-order valence-corrected chi connectivity index (χ4v) is 5.87. The van der Waals surface area contributed by atoms with Gasteiger partial charge >= 0.3 is 5.97 Å². The maximum Gasteiger partial charge on any atom is 0.305 e. The number of fused-ring (bicyclic) bond motifs is 1. The zero-order chi connectivity index (χ0) is 34.8. The molecule has 2 heterocycles. The van der Waals surface area contributed by atoms with Crippen LogP contribution in [0.3, 0.4) is 0 Å². The van der Waals surface area contributed by atoms with Crippen molar-refractivity contribution in [3.8, 4) is 5.75 Å². The number of aliphatic carboxylic acids is 1. The number of amides is 5. The Morgan fingerprint density at radius 2 is 1.47 bits per heavy atom. The van der Waals surface area contributed by atoms with Crippen LogP contribution in [0.2, 0.25) is 0 Å². The van der Waals surface area contributed by atoms with E-state index in [0.29, 0.717) is 25.1 Å². The highest BCUT2D eigenvalue weighted by molar-refractivity contribution is 5.96. The predicted molar refractivity (Wildman–Crippen MR) is 170 cm³/mol. The molecule has 0 bridgehead atoms. The summed E-state index contributed by atoms with van der Waals surface area (Å²) in [6.45, 7) is 7.68. The van der Waals surface area contributed by atoms with Crippen LogP contribution in [0.5, 0.6) is 5.75 Å². The maximum absolute atomic E-state index is 13.8. The van der Waals surface area contributed by atoms with E-state index in [4.69, 9.17) is 0 Å². The zero-order valence-electron chi connectivity index (χ0n) is 27.3. The van der Waals surface area contributed by atoms with Gasteiger partial charge in [-0.15, -0.1) is 0 Å². The average Bonchev–Trinajstić information content (AvgIpc) is 3.43. The molecule has 2 aliphatic heterocycles. The van der Waals surface area contributed by atoms with E-state index < -0.39 is 84.3 Å². The second-order valence-corrected chi connectivity index (χ2v) is 13.0. The number of aliphatic hydroxyl groups excluding tert-OH is 1. The van der Waals surface area contributed by atoms with Crippen molar-refractivity contribution < 1.29 is 44.1 Å². The highest BCUT2D eigenvalue weighted by Gasteiger charge is 2.36. The van der Waals surface area contributed by atoms with E-state index in [2.05, 4.69) is 26.6 Å². The van der Waals surface area contributed by atoms with Gasteiger partial charge in [0.2, 0.25) is 29.5 Å². The summed E-state index contributed by atoms with van der Waals surface area (Å²) in [5.74, 6) is -4.75. The number of nitrogens with one attached hydrogen (secondary N) is 5. The molecule has 5 amide bonds. The Hall–Kier alpha value is -4.24. The second-order valence-electron chi connectivity index (χ2n) is 13.0. The third-order valence-corrected chi connectivity index (χ3v) is 8.26. The Labute approximate surface area is 274 Å². The fourth-order valence-electron chi connectivity index (χ4n) is 5.87. The molecule has 15 heteroatoms. The lowest BCUT2D eigenvalue weighted by atomic mass is 10.00. The molecule has 0 aromatic heterocycles. The predicted octanol–water partition coefficient (Wildman–Crippen LogP) is -0.852. The van der Waals surface area contributed by atoms with Crippen molar-refractivity contribution in [1.29, 1.82) is 0 Å². The van der Waals surface area contributed by atoms with Crippen LogP contribution in [-0.4, -0.2) is 111 Å². The third kappa shape index (κ3) is 11.5.